The van der Waals surface area contributed by atoms with Gasteiger partial charge >= 0.3 is 6.03 Å². The van der Waals surface area contributed by atoms with E-state index in [-0.39, 0.29) is 10.8 Å². The second kappa shape index (κ2) is 6.52. The van der Waals surface area contributed by atoms with E-state index >= 15 is 0 Å². The van der Waals surface area contributed by atoms with Crippen molar-refractivity contribution in [2.24, 2.45) is 11.7 Å². The van der Waals surface area contributed by atoms with Crippen LogP contribution < -0.4 is 5.73 Å². The highest BCUT2D eigenvalue weighted by Crippen LogP contribution is 2.35. The average Bonchev–Trinajstić information content (AvgIpc) is 2.47. The van der Waals surface area contributed by atoms with Gasteiger partial charge in [0.25, 0.3) is 0 Å². The molecule has 0 aromatic carbocycles. The Labute approximate surface area is 131 Å². The Balaban J connectivity index is 1.90. The number of carbonyl (C=O) groups excluding carboxylic acids is 1. The Morgan fingerprint density at radius 2 is 1.70 bits per heavy atom. The van der Waals surface area contributed by atoms with E-state index in [0.717, 1.165) is 57.8 Å². The number of amides is 2. The minimum absolute atomic E-state index is 0.109. The molecule has 2 N–H and O–H groups in total. The number of rotatable bonds is 2. The lowest BCUT2D eigenvalue weighted by molar-refractivity contribution is 0.125. The molecule has 0 bridgehead atoms. The second-order valence-corrected chi connectivity index (χ2v) is 7.63. The number of carbonyl (C=O) groups is 1. The van der Waals surface area contributed by atoms with E-state index in [2.05, 4.69) is 13.2 Å². The Kier molecular flexibility index (Phi) is 5.18. The molecule has 2 rings (SSSR count). The molecule has 4 nitrogen and oxygen atoms in total. The van der Waals surface area contributed by atoms with Crippen LogP contribution in [0.2, 0.25) is 0 Å². The Morgan fingerprint density at radius 1 is 1.20 bits per heavy atom. The molecule has 2 amide bonds. The summed E-state index contributed by atoms with van der Waals surface area (Å²) in [7, 11) is 0. The normalized spacial score (nSPS) is 23.7. The van der Waals surface area contributed by atoms with Gasteiger partial charge in [-0.25, -0.2) is 4.79 Å². The van der Waals surface area contributed by atoms with Gasteiger partial charge in [0.1, 0.15) is 0 Å². The van der Waals surface area contributed by atoms with Crippen LogP contribution in [0.15, 0.2) is 0 Å². The van der Waals surface area contributed by atoms with E-state index in [0.29, 0.717) is 4.99 Å². The number of piperidine rings is 2. The molecule has 0 radical (unpaired) electrons. The lowest BCUT2D eigenvalue weighted by Gasteiger charge is -2.42. The van der Waals surface area contributed by atoms with Gasteiger partial charge in [-0.2, -0.15) is 11.8 Å². The monoisotopic (exact) mass is 315 g/mol. The van der Waals surface area contributed by atoms with Crippen LogP contribution in [0.4, 0.5) is 4.79 Å². The van der Waals surface area contributed by atoms with Crippen LogP contribution in [0.3, 0.4) is 0 Å². The summed E-state index contributed by atoms with van der Waals surface area (Å²) in [6.07, 6.45) is 6.06. The molecule has 0 aromatic rings. The first-order chi connectivity index (χ1) is 9.48. The van der Waals surface area contributed by atoms with Crippen LogP contribution in [0.25, 0.3) is 0 Å². The topological polar surface area (TPSA) is 49.6 Å². The molecule has 2 heterocycles. The highest BCUT2D eigenvalue weighted by molar-refractivity contribution is 8.02. The number of hydrogen-bond acceptors (Lipinski definition) is 3. The van der Waals surface area contributed by atoms with Crippen LogP contribution in [0.1, 0.15) is 32.6 Å². The van der Waals surface area contributed by atoms with Gasteiger partial charge in [-0.1, -0.05) is 19.1 Å². The maximum atomic E-state index is 12.5. The number of urea groups is 1. The van der Waals surface area contributed by atoms with Crippen molar-refractivity contribution in [1.29, 1.82) is 0 Å². The molecule has 2 aliphatic rings. The molecule has 2 saturated heterocycles. The maximum Gasteiger partial charge on any atom is 0.319 e. The largest absolute Gasteiger partial charge is 0.392 e. The molecule has 0 spiro atoms. The van der Waals surface area contributed by atoms with Crippen LogP contribution >= 0.6 is 24.0 Å². The summed E-state index contributed by atoms with van der Waals surface area (Å²) in [5, 5.41) is 0. The second-order valence-electron chi connectivity index (χ2n) is 6.00. The Morgan fingerprint density at radius 3 is 2.15 bits per heavy atom. The molecule has 114 valence electrons. The van der Waals surface area contributed by atoms with Gasteiger partial charge in [-0.05, 0) is 37.9 Å². The van der Waals surface area contributed by atoms with Crippen molar-refractivity contribution in [3.8, 4) is 0 Å². The predicted molar refractivity (Wildman–Crippen MR) is 89.2 cm³/mol. The maximum absolute atomic E-state index is 12.5. The summed E-state index contributed by atoms with van der Waals surface area (Å²) in [6.45, 7) is 5.60. The van der Waals surface area contributed by atoms with E-state index in [1.165, 1.54) is 0 Å². The van der Waals surface area contributed by atoms with E-state index in [1.807, 2.05) is 9.80 Å². The number of nitrogens with two attached hydrogens (primary N) is 1. The molecule has 2 fully saturated rings. The van der Waals surface area contributed by atoms with Crippen LogP contribution in [0, 0.1) is 5.92 Å². The van der Waals surface area contributed by atoms with Gasteiger partial charge in [0.2, 0.25) is 0 Å². The van der Waals surface area contributed by atoms with E-state index in [1.54, 1.807) is 11.8 Å². The van der Waals surface area contributed by atoms with Crippen molar-refractivity contribution in [1.82, 2.24) is 9.80 Å². The number of thiocarbonyl (C=S) groups is 1. The first-order valence-electron chi connectivity index (χ1n) is 7.37. The van der Waals surface area contributed by atoms with Crippen molar-refractivity contribution in [2.45, 2.75) is 37.4 Å². The van der Waals surface area contributed by atoms with Crippen molar-refractivity contribution in [2.75, 3.05) is 32.4 Å². The minimum atomic E-state index is -0.109. The molecule has 2 aliphatic heterocycles. The van der Waals surface area contributed by atoms with Crippen molar-refractivity contribution in [3.05, 3.63) is 0 Å². The molecular formula is C14H25N3OS2. The molecule has 0 atom stereocenters. The first-order valence-corrected chi connectivity index (χ1v) is 9.01. The van der Waals surface area contributed by atoms with Crippen LogP contribution in [-0.2, 0) is 0 Å². The van der Waals surface area contributed by atoms with E-state index in [4.69, 9.17) is 18.0 Å². The zero-order valence-electron chi connectivity index (χ0n) is 12.4. The quantitative estimate of drug-likeness (QED) is 0.795. The molecule has 0 unspecified atom stereocenters. The third kappa shape index (κ3) is 3.22. The van der Waals surface area contributed by atoms with E-state index in [9.17, 15) is 4.79 Å². The van der Waals surface area contributed by atoms with Crippen LogP contribution in [0.5, 0.6) is 0 Å². The zero-order chi connectivity index (χ0) is 14.8. The summed E-state index contributed by atoms with van der Waals surface area (Å²) >= 11 is 6.95. The van der Waals surface area contributed by atoms with Crippen LogP contribution in [-0.4, -0.2) is 58.0 Å². The van der Waals surface area contributed by atoms with Gasteiger partial charge in [0.15, 0.2) is 0 Å². The number of nitrogens with zero attached hydrogens (tertiary/aromatic N) is 2. The molecule has 0 aliphatic carbocycles. The van der Waals surface area contributed by atoms with Gasteiger partial charge < -0.3 is 15.5 Å². The predicted octanol–water partition coefficient (Wildman–Crippen LogP) is 2.32. The van der Waals surface area contributed by atoms with Gasteiger partial charge in [0.05, 0.1) is 9.74 Å². The summed E-state index contributed by atoms with van der Waals surface area (Å²) in [5.41, 5.74) is 5.89. The SMILES string of the molecule is CSC1(C(N)=S)CCN(C(=O)N2CCC(C)CC2)CC1. The highest BCUT2D eigenvalue weighted by atomic mass is 32.2. The standard InChI is InChI=1S/C14H25N3OS2/c1-11-3-7-16(8-4-11)13(18)17-9-5-14(20-2,6-10-17)12(15)19/h11H,3-10H2,1-2H3,(H2,15,19). The number of hydrogen-bond donors (Lipinski definition) is 1. The fraction of sp³-hybridized carbons (Fsp3) is 0.857. The summed E-state index contributed by atoms with van der Waals surface area (Å²) in [4.78, 5) is 17.1. The van der Waals surface area contributed by atoms with Gasteiger partial charge in [-0.15, -0.1) is 0 Å². The average molecular weight is 316 g/mol. The van der Waals surface area contributed by atoms with Crippen molar-refractivity contribution < 1.29 is 4.79 Å². The zero-order valence-corrected chi connectivity index (χ0v) is 14.1. The van der Waals surface area contributed by atoms with E-state index < -0.39 is 0 Å². The fourth-order valence-corrected chi connectivity index (χ4v) is 4.26. The van der Waals surface area contributed by atoms with Crippen molar-refractivity contribution in [3.63, 3.8) is 0 Å². The molecular weight excluding hydrogens is 290 g/mol. The fourth-order valence-electron chi connectivity index (χ4n) is 3.01. The summed E-state index contributed by atoms with van der Waals surface area (Å²) < 4.78 is -0.109. The Bertz CT molecular complexity index is 373. The summed E-state index contributed by atoms with van der Waals surface area (Å²) in [5.74, 6) is 0.749. The Hall–Kier alpha value is -0.490. The highest BCUT2D eigenvalue weighted by Gasteiger charge is 2.38. The first kappa shape index (κ1) is 15.9. The number of thioether (sulfide) groups is 1. The third-order valence-corrected chi connectivity index (χ3v) is 6.67. The van der Waals surface area contributed by atoms with Gasteiger partial charge in [-0.3, -0.25) is 0 Å². The smallest absolute Gasteiger partial charge is 0.319 e. The molecule has 0 aromatic heterocycles. The number of likely N-dealkylation sites (tertiary alicyclic amines) is 2. The summed E-state index contributed by atoms with van der Waals surface area (Å²) in [6, 6.07) is 0.203. The van der Waals surface area contributed by atoms with Crippen molar-refractivity contribution >= 4 is 35.0 Å². The lowest BCUT2D eigenvalue weighted by atomic mass is 9.95. The van der Waals surface area contributed by atoms with Gasteiger partial charge in [0, 0.05) is 26.2 Å². The lowest BCUT2D eigenvalue weighted by Crippen LogP contribution is -2.54. The third-order valence-electron chi connectivity index (χ3n) is 4.74. The molecule has 20 heavy (non-hydrogen) atoms. The minimum Gasteiger partial charge on any atom is -0.392 e. The molecule has 0 saturated carbocycles. The molecule has 6 heteroatoms.